The molecule has 1 aromatic carbocycles. The minimum absolute atomic E-state index is 0.349. The largest absolute Gasteiger partial charge is 0.492 e. The molecule has 2 rings (SSSR count). The van der Waals surface area contributed by atoms with E-state index < -0.39 is 0 Å². The summed E-state index contributed by atoms with van der Waals surface area (Å²) < 4.78 is 16.9. The van der Waals surface area contributed by atoms with Crippen molar-refractivity contribution >= 4 is 0 Å². The molecule has 0 amide bonds. The molecule has 1 heterocycles. The Morgan fingerprint density at radius 3 is 2.83 bits per heavy atom. The third-order valence-corrected chi connectivity index (χ3v) is 3.23. The summed E-state index contributed by atoms with van der Waals surface area (Å²) in [6.07, 6.45) is 1.82. The monoisotopic (exact) mass is 251 g/mol. The summed E-state index contributed by atoms with van der Waals surface area (Å²) in [5, 5.41) is 0. The van der Waals surface area contributed by atoms with Crippen LogP contribution in [-0.2, 0) is 0 Å². The molecule has 1 aliphatic heterocycles. The molecule has 18 heavy (non-hydrogen) atoms. The van der Waals surface area contributed by atoms with Gasteiger partial charge in [0.05, 0.1) is 20.3 Å². The predicted molar refractivity (Wildman–Crippen MR) is 70.7 cm³/mol. The Kier molecular flexibility index (Phi) is 4.31. The molecule has 0 radical (unpaired) electrons. The smallest absolute Gasteiger partial charge is 0.203 e. The highest BCUT2D eigenvalue weighted by molar-refractivity contribution is 5.57. The van der Waals surface area contributed by atoms with Gasteiger partial charge in [-0.3, -0.25) is 0 Å². The number of nitrogens with two attached hydrogens (primary N) is 1. The summed E-state index contributed by atoms with van der Waals surface area (Å²) in [6, 6.07) is 4.01. The number of rotatable bonds is 4. The summed E-state index contributed by atoms with van der Waals surface area (Å²) in [5.41, 5.74) is 6.76. The molecule has 0 spiro atoms. The van der Waals surface area contributed by atoms with Crippen molar-refractivity contribution in [3.8, 4) is 17.2 Å². The van der Waals surface area contributed by atoms with E-state index in [0.29, 0.717) is 25.7 Å². The van der Waals surface area contributed by atoms with Gasteiger partial charge in [-0.15, -0.1) is 0 Å². The van der Waals surface area contributed by atoms with Crippen LogP contribution in [0.25, 0.3) is 0 Å². The van der Waals surface area contributed by atoms with Crippen molar-refractivity contribution in [2.45, 2.75) is 25.7 Å². The summed E-state index contributed by atoms with van der Waals surface area (Å²) in [6.45, 7) is 4.17. The lowest BCUT2D eigenvalue weighted by Crippen LogP contribution is -2.07. The molecule has 0 aliphatic carbocycles. The SMILES string of the molecule is COc1c(C(C)CCN)ccc2c1OCCCO2. The van der Waals surface area contributed by atoms with Crippen molar-refractivity contribution in [2.75, 3.05) is 26.9 Å². The molecule has 1 atom stereocenters. The average Bonchev–Trinajstić information content (AvgIpc) is 2.62. The van der Waals surface area contributed by atoms with Crippen LogP contribution < -0.4 is 19.9 Å². The number of benzene rings is 1. The first kappa shape index (κ1) is 13.0. The lowest BCUT2D eigenvalue weighted by Gasteiger charge is -2.19. The third kappa shape index (κ3) is 2.53. The van der Waals surface area contributed by atoms with Crippen molar-refractivity contribution in [1.29, 1.82) is 0 Å². The van der Waals surface area contributed by atoms with Crippen molar-refractivity contribution in [3.63, 3.8) is 0 Å². The molecule has 1 aliphatic rings. The van der Waals surface area contributed by atoms with Crippen LogP contribution in [-0.4, -0.2) is 26.9 Å². The highest BCUT2D eigenvalue weighted by Gasteiger charge is 2.21. The zero-order valence-electron chi connectivity index (χ0n) is 11.1. The van der Waals surface area contributed by atoms with Gasteiger partial charge in [-0.05, 0) is 24.9 Å². The van der Waals surface area contributed by atoms with Crippen LogP contribution in [0.3, 0.4) is 0 Å². The van der Waals surface area contributed by atoms with Gasteiger partial charge in [-0.1, -0.05) is 13.0 Å². The van der Waals surface area contributed by atoms with E-state index in [1.54, 1.807) is 7.11 Å². The Labute approximate surface area is 108 Å². The van der Waals surface area contributed by atoms with E-state index in [1.165, 1.54) is 0 Å². The average molecular weight is 251 g/mol. The standard InChI is InChI=1S/C14H21NO3/c1-10(6-7-15)11-4-5-12-14(13(11)16-2)18-9-3-8-17-12/h4-5,10H,3,6-9,15H2,1-2H3. The Morgan fingerprint density at radius 1 is 1.33 bits per heavy atom. The summed E-state index contributed by atoms with van der Waals surface area (Å²) in [4.78, 5) is 0. The van der Waals surface area contributed by atoms with Crippen LogP contribution in [0, 0.1) is 0 Å². The maximum absolute atomic E-state index is 5.76. The first-order valence-corrected chi connectivity index (χ1v) is 6.44. The molecular weight excluding hydrogens is 230 g/mol. The van der Waals surface area contributed by atoms with E-state index in [-0.39, 0.29) is 0 Å². The van der Waals surface area contributed by atoms with Crippen LogP contribution in [0.1, 0.15) is 31.2 Å². The van der Waals surface area contributed by atoms with Crippen LogP contribution in [0.4, 0.5) is 0 Å². The van der Waals surface area contributed by atoms with Gasteiger partial charge in [0.25, 0.3) is 0 Å². The van der Waals surface area contributed by atoms with Crippen molar-refractivity contribution in [1.82, 2.24) is 0 Å². The number of hydrogen-bond donors (Lipinski definition) is 1. The van der Waals surface area contributed by atoms with E-state index in [4.69, 9.17) is 19.9 Å². The number of ether oxygens (including phenoxy) is 3. The highest BCUT2D eigenvalue weighted by atomic mass is 16.5. The molecular formula is C14H21NO3. The first-order chi connectivity index (χ1) is 8.77. The van der Waals surface area contributed by atoms with Gasteiger partial charge in [0, 0.05) is 12.0 Å². The molecule has 4 heteroatoms. The lowest BCUT2D eigenvalue weighted by molar-refractivity contribution is 0.288. The molecule has 1 unspecified atom stereocenters. The maximum Gasteiger partial charge on any atom is 0.203 e. The molecule has 100 valence electrons. The van der Waals surface area contributed by atoms with Crippen LogP contribution in [0.2, 0.25) is 0 Å². The maximum atomic E-state index is 5.76. The van der Waals surface area contributed by atoms with Crippen molar-refractivity contribution in [3.05, 3.63) is 17.7 Å². The van der Waals surface area contributed by atoms with E-state index >= 15 is 0 Å². The van der Waals surface area contributed by atoms with E-state index in [1.807, 2.05) is 12.1 Å². The van der Waals surface area contributed by atoms with Gasteiger partial charge >= 0.3 is 0 Å². The Balaban J connectivity index is 2.39. The third-order valence-electron chi connectivity index (χ3n) is 3.23. The molecule has 1 aromatic rings. The highest BCUT2D eigenvalue weighted by Crippen LogP contribution is 2.44. The Bertz CT molecular complexity index is 406. The second-order valence-electron chi connectivity index (χ2n) is 4.54. The molecule has 0 fully saturated rings. The number of hydrogen-bond acceptors (Lipinski definition) is 4. The fourth-order valence-electron chi connectivity index (χ4n) is 2.23. The van der Waals surface area contributed by atoms with Crippen molar-refractivity contribution in [2.24, 2.45) is 5.73 Å². The van der Waals surface area contributed by atoms with Gasteiger partial charge in [0.2, 0.25) is 5.75 Å². The van der Waals surface area contributed by atoms with E-state index in [0.717, 1.165) is 35.7 Å². The molecule has 0 saturated heterocycles. The number of methoxy groups -OCH3 is 1. The minimum atomic E-state index is 0.349. The summed E-state index contributed by atoms with van der Waals surface area (Å²) in [7, 11) is 1.67. The van der Waals surface area contributed by atoms with Gasteiger partial charge in [0.15, 0.2) is 11.5 Å². The fourth-order valence-corrected chi connectivity index (χ4v) is 2.23. The minimum Gasteiger partial charge on any atom is -0.492 e. The Morgan fingerprint density at radius 2 is 2.11 bits per heavy atom. The Hall–Kier alpha value is -1.42. The van der Waals surface area contributed by atoms with Crippen LogP contribution >= 0.6 is 0 Å². The predicted octanol–water partition coefficient (Wildman–Crippen LogP) is 2.31. The van der Waals surface area contributed by atoms with Crippen molar-refractivity contribution < 1.29 is 14.2 Å². The zero-order valence-corrected chi connectivity index (χ0v) is 11.1. The van der Waals surface area contributed by atoms with E-state index in [2.05, 4.69) is 6.92 Å². The van der Waals surface area contributed by atoms with Gasteiger partial charge in [-0.2, -0.15) is 0 Å². The second kappa shape index (κ2) is 5.96. The first-order valence-electron chi connectivity index (χ1n) is 6.44. The second-order valence-corrected chi connectivity index (χ2v) is 4.54. The van der Waals surface area contributed by atoms with Gasteiger partial charge in [-0.25, -0.2) is 0 Å². The molecule has 0 aromatic heterocycles. The fraction of sp³-hybridized carbons (Fsp3) is 0.571. The van der Waals surface area contributed by atoms with Gasteiger partial charge in [0.1, 0.15) is 0 Å². The summed E-state index contributed by atoms with van der Waals surface area (Å²) >= 11 is 0. The normalized spacial score (nSPS) is 15.9. The number of fused-ring (bicyclic) bond motifs is 1. The quantitative estimate of drug-likeness (QED) is 0.892. The zero-order chi connectivity index (χ0) is 13.0. The van der Waals surface area contributed by atoms with E-state index in [9.17, 15) is 0 Å². The molecule has 0 saturated carbocycles. The van der Waals surface area contributed by atoms with Crippen LogP contribution in [0.5, 0.6) is 17.2 Å². The summed E-state index contributed by atoms with van der Waals surface area (Å²) in [5.74, 6) is 2.64. The lowest BCUT2D eigenvalue weighted by atomic mass is 9.96. The molecule has 4 nitrogen and oxygen atoms in total. The topological polar surface area (TPSA) is 53.7 Å². The molecule has 0 bridgehead atoms. The van der Waals surface area contributed by atoms with Gasteiger partial charge < -0.3 is 19.9 Å². The van der Waals surface area contributed by atoms with Crippen LogP contribution in [0.15, 0.2) is 12.1 Å². The molecule has 2 N–H and O–H groups in total.